The van der Waals surface area contributed by atoms with Gasteiger partial charge in [0.2, 0.25) is 0 Å². The summed E-state index contributed by atoms with van der Waals surface area (Å²) in [6.07, 6.45) is 0. The molecule has 3 aromatic rings. The third-order valence-electron chi connectivity index (χ3n) is 4.23. The monoisotopic (exact) mass is 470 g/mol. The molecule has 0 aliphatic carbocycles. The lowest BCUT2D eigenvalue weighted by molar-refractivity contribution is -0.0496. The topological polar surface area (TPSA) is 69.7 Å². The van der Waals surface area contributed by atoms with Gasteiger partial charge in [0.1, 0.15) is 0 Å². The fraction of sp³-hybridized carbons (Fsp3) is 0.0952. The van der Waals surface area contributed by atoms with Crippen molar-refractivity contribution in [3.63, 3.8) is 0 Å². The number of hydrogen-bond donors (Lipinski definition) is 0. The van der Waals surface area contributed by atoms with Crippen molar-refractivity contribution in [3.05, 3.63) is 90.5 Å². The van der Waals surface area contributed by atoms with Crippen LogP contribution in [0.15, 0.2) is 99.6 Å². The lowest BCUT2D eigenvalue weighted by atomic mass is 10.2. The minimum absolute atomic E-state index is 0.152. The highest BCUT2D eigenvalue weighted by atomic mass is 32.3. The Morgan fingerprint density at radius 1 is 0.742 bits per heavy atom. The molecule has 0 aliphatic heterocycles. The van der Waals surface area contributed by atoms with Gasteiger partial charge in [-0.3, -0.25) is 0 Å². The number of rotatable bonds is 6. The molecule has 0 N–H and O–H groups in total. The zero-order chi connectivity index (χ0) is 22.7. The van der Waals surface area contributed by atoms with E-state index in [0.29, 0.717) is 0 Å². The standard InChI is InChI=1S/C21H17F3O5S2/c1-28-20(25)16-12-14-19(15-13-16)30(17-8-4-2-5-9-17,18-10-6-3-7-11-18)29-31(26,27)21(22,23)24/h2-15H,1H3. The van der Waals surface area contributed by atoms with Gasteiger partial charge in [0.05, 0.1) is 12.7 Å². The van der Waals surface area contributed by atoms with Crippen LogP contribution in [0.1, 0.15) is 10.4 Å². The number of ether oxygens (including phenoxy) is 1. The Morgan fingerprint density at radius 2 is 1.16 bits per heavy atom. The second kappa shape index (κ2) is 8.74. The third-order valence-corrected chi connectivity index (χ3v) is 9.14. The molecule has 0 saturated heterocycles. The Labute approximate surface area is 179 Å². The van der Waals surface area contributed by atoms with Crippen LogP contribution < -0.4 is 0 Å². The maximum Gasteiger partial charge on any atom is 0.524 e. The summed E-state index contributed by atoms with van der Waals surface area (Å²) in [6.45, 7) is 0. The van der Waals surface area contributed by atoms with Gasteiger partial charge in [0.25, 0.3) is 0 Å². The number of carbonyl (C=O) groups is 1. The first-order chi connectivity index (χ1) is 14.6. The van der Waals surface area contributed by atoms with E-state index < -0.39 is 31.9 Å². The SMILES string of the molecule is COC(=O)c1ccc(S(OS(=O)(=O)C(F)(F)F)(c2ccccc2)c2ccccc2)cc1. The van der Waals surface area contributed by atoms with Gasteiger partial charge in [-0.25, -0.2) is 4.79 Å². The van der Waals surface area contributed by atoms with Crippen molar-refractivity contribution in [1.82, 2.24) is 0 Å². The van der Waals surface area contributed by atoms with E-state index in [1.807, 2.05) is 0 Å². The van der Waals surface area contributed by atoms with Crippen LogP contribution in [0.4, 0.5) is 13.2 Å². The fourth-order valence-corrected chi connectivity index (χ4v) is 7.57. The van der Waals surface area contributed by atoms with Gasteiger partial charge in [-0.1, -0.05) is 36.4 Å². The summed E-state index contributed by atoms with van der Waals surface area (Å²) < 4.78 is 74.3. The summed E-state index contributed by atoms with van der Waals surface area (Å²) >= 11 is 0. The molecule has 0 aromatic heterocycles. The first-order valence-corrected chi connectivity index (χ1v) is 11.7. The molecule has 0 saturated carbocycles. The lowest BCUT2D eigenvalue weighted by Crippen LogP contribution is -2.27. The maximum absolute atomic E-state index is 13.4. The predicted molar refractivity (Wildman–Crippen MR) is 109 cm³/mol. The Morgan fingerprint density at radius 3 is 1.55 bits per heavy atom. The zero-order valence-electron chi connectivity index (χ0n) is 16.1. The molecule has 0 atom stereocenters. The number of carbonyl (C=O) groups excluding carboxylic acids is 1. The van der Waals surface area contributed by atoms with Gasteiger partial charge < -0.3 is 4.74 Å². The average molecular weight is 470 g/mol. The molecule has 0 aliphatic rings. The van der Waals surface area contributed by atoms with Crippen LogP contribution >= 0.6 is 10.3 Å². The molecule has 10 heteroatoms. The van der Waals surface area contributed by atoms with Crippen LogP contribution in [-0.2, 0) is 18.5 Å². The number of methoxy groups -OCH3 is 1. The van der Waals surface area contributed by atoms with Crippen molar-refractivity contribution in [2.75, 3.05) is 7.11 Å². The van der Waals surface area contributed by atoms with Gasteiger partial charge in [-0.05, 0) is 58.8 Å². The highest BCUT2D eigenvalue weighted by Crippen LogP contribution is 2.70. The second-order valence-electron chi connectivity index (χ2n) is 6.17. The van der Waals surface area contributed by atoms with Crippen LogP contribution in [0.3, 0.4) is 0 Å². The average Bonchev–Trinajstić information content (AvgIpc) is 2.77. The molecule has 3 rings (SSSR count). The molecule has 31 heavy (non-hydrogen) atoms. The molecule has 0 unspecified atom stereocenters. The molecule has 0 fully saturated rings. The van der Waals surface area contributed by atoms with Gasteiger partial charge in [-0.15, -0.1) is 0 Å². The van der Waals surface area contributed by atoms with E-state index in [-0.39, 0.29) is 20.2 Å². The molecule has 3 aromatic carbocycles. The van der Waals surface area contributed by atoms with Gasteiger partial charge in [-0.2, -0.15) is 25.2 Å². The summed E-state index contributed by atoms with van der Waals surface area (Å²) in [5.74, 6) is -0.643. The zero-order valence-corrected chi connectivity index (χ0v) is 17.7. The maximum atomic E-state index is 13.4. The van der Waals surface area contributed by atoms with Crippen molar-refractivity contribution in [2.24, 2.45) is 0 Å². The minimum atomic E-state index is -5.99. The normalized spacial score (nSPS) is 12.9. The Kier molecular flexibility index (Phi) is 6.44. The lowest BCUT2D eigenvalue weighted by Gasteiger charge is -2.39. The summed E-state index contributed by atoms with van der Waals surface area (Å²) in [5.41, 5.74) is -5.47. The van der Waals surface area contributed by atoms with E-state index in [1.54, 1.807) is 36.4 Å². The number of benzene rings is 3. The predicted octanol–water partition coefficient (Wildman–Crippen LogP) is 5.54. The van der Waals surface area contributed by atoms with Crippen LogP contribution in [0.2, 0.25) is 0 Å². The van der Waals surface area contributed by atoms with Crippen molar-refractivity contribution in [3.8, 4) is 0 Å². The van der Waals surface area contributed by atoms with Gasteiger partial charge in [0.15, 0.2) is 0 Å². The van der Waals surface area contributed by atoms with E-state index in [0.717, 1.165) is 0 Å². The van der Waals surface area contributed by atoms with Crippen molar-refractivity contribution < 1.29 is 34.7 Å². The summed E-state index contributed by atoms with van der Waals surface area (Å²) in [5, 5.41) is 0. The van der Waals surface area contributed by atoms with Crippen molar-refractivity contribution in [2.45, 2.75) is 20.2 Å². The van der Waals surface area contributed by atoms with Crippen LogP contribution in [0.5, 0.6) is 0 Å². The quantitative estimate of drug-likeness (QED) is 0.350. The number of hydrogen-bond acceptors (Lipinski definition) is 5. The summed E-state index contributed by atoms with van der Waals surface area (Å²) in [6, 6.07) is 21.0. The van der Waals surface area contributed by atoms with Gasteiger partial charge >= 0.3 is 21.6 Å². The molecular weight excluding hydrogens is 453 g/mol. The van der Waals surface area contributed by atoms with E-state index in [2.05, 4.69) is 4.74 Å². The molecule has 0 amide bonds. The molecule has 164 valence electrons. The number of esters is 1. The highest BCUT2D eigenvalue weighted by molar-refractivity contribution is 8.33. The molecule has 5 nitrogen and oxygen atoms in total. The van der Waals surface area contributed by atoms with Crippen molar-refractivity contribution >= 4 is 26.4 Å². The summed E-state index contributed by atoms with van der Waals surface area (Å²) in [4.78, 5) is 12.4. The first-order valence-electron chi connectivity index (χ1n) is 8.76. The summed E-state index contributed by atoms with van der Waals surface area (Å²) in [7, 11) is -8.18. The molecule has 0 spiro atoms. The largest absolute Gasteiger partial charge is 0.524 e. The smallest absolute Gasteiger partial charge is 0.465 e. The van der Waals surface area contributed by atoms with Crippen LogP contribution in [-0.4, -0.2) is 27.0 Å². The van der Waals surface area contributed by atoms with E-state index in [9.17, 15) is 26.4 Å². The van der Waals surface area contributed by atoms with Crippen molar-refractivity contribution in [1.29, 1.82) is 0 Å². The second-order valence-corrected chi connectivity index (χ2v) is 10.6. The Bertz CT molecular complexity index is 1110. The highest BCUT2D eigenvalue weighted by Gasteiger charge is 2.52. The molecular formula is C21H17F3O5S2. The third kappa shape index (κ3) is 4.46. The fourth-order valence-electron chi connectivity index (χ4n) is 2.82. The number of alkyl halides is 3. The van der Waals surface area contributed by atoms with Gasteiger partial charge in [0, 0.05) is 14.7 Å². The Hall–Kier alpha value is -2.82. The van der Waals surface area contributed by atoms with Crippen LogP contribution in [0.25, 0.3) is 0 Å². The number of halogens is 3. The molecule has 0 heterocycles. The molecule has 0 radical (unpaired) electrons. The minimum Gasteiger partial charge on any atom is -0.465 e. The Balaban J connectivity index is 2.34. The molecule has 0 bridgehead atoms. The first kappa shape index (κ1) is 22.9. The van der Waals surface area contributed by atoms with Crippen LogP contribution in [0, 0.1) is 0 Å². The van der Waals surface area contributed by atoms with E-state index in [1.165, 1.54) is 55.6 Å². The van der Waals surface area contributed by atoms with E-state index >= 15 is 0 Å². The van der Waals surface area contributed by atoms with E-state index in [4.69, 9.17) is 3.63 Å².